The molecule has 2 nitrogen and oxygen atoms in total. The van der Waals surface area contributed by atoms with Crippen molar-refractivity contribution in [3.63, 3.8) is 0 Å². The van der Waals surface area contributed by atoms with Crippen LogP contribution in [0.25, 0.3) is 32.4 Å². The molecule has 21 heavy (non-hydrogen) atoms. The number of methoxy groups -OCH3 is 1. The van der Waals surface area contributed by atoms with Gasteiger partial charge < -0.3 is 4.74 Å². The first-order valence-electron chi connectivity index (χ1n) is 6.72. The molecule has 0 saturated carbocycles. The van der Waals surface area contributed by atoms with Gasteiger partial charge in [-0.2, -0.15) is 0 Å². The van der Waals surface area contributed by atoms with E-state index in [1.807, 2.05) is 36.4 Å². The Balaban J connectivity index is 2.21. The van der Waals surface area contributed by atoms with Gasteiger partial charge in [-0.25, -0.2) is 4.98 Å². The Morgan fingerprint density at radius 2 is 1.62 bits per heavy atom. The van der Waals surface area contributed by atoms with Crippen molar-refractivity contribution in [1.82, 2.24) is 4.98 Å². The zero-order valence-corrected chi connectivity index (χ0v) is 12.2. The third-order valence-corrected chi connectivity index (χ3v) is 4.14. The van der Waals surface area contributed by atoms with Crippen LogP contribution in [0.3, 0.4) is 0 Å². The predicted octanol–water partition coefficient (Wildman–Crippen LogP) is 5.20. The summed E-state index contributed by atoms with van der Waals surface area (Å²) in [5.41, 5.74) is 0.929. The van der Waals surface area contributed by atoms with E-state index < -0.39 is 0 Å². The van der Waals surface area contributed by atoms with E-state index in [9.17, 15) is 0 Å². The monoisotopic (exact) mass is 293 g/mol. The van der Waals surface area contributed by atoms with Crippen LogP contribution >= 0.6 is 11.6 Å². The summed E-state index contributed by atoms with van der Waals surface area (Å²) in [5, 5.41) is 5.96. The van der Waals surface area contributed by atoms with E-state index in [2.05, 4.69) is 23.2 Å². The first kappa shape index (κ1) is 12.4. The number of benzene rings is 3. The van der Waals surface area contributed by atoms with Crippen molar-refractivity contribution in [1.29, 1.82) is 0 Å². The first-order chi connectivity index (χ1) is 10.3. The predicted molar refractivity (Wildman–Crippen MR) is 88.3 cm³/mol. The lowest BCUT2D eigenvalue weighted by Gasteiger charge is -2.09. The largest absolute Gasteiger partial charge is 0.497 e. The van der Waals surface area contributed by atoms with Crippen molar-refractivity contribution in [2.75, 3.05) is 7.11 Å². The maximum atomic E-state index is 6.36. The second kappa shape index (κ2) is 4.61. The van der Waals surface area contributed by atoms with Crippen molar-refractivity contribution < 1.29 is 4.74 Å². The third-order valence-electron chi connectivity index (χ3n) is 3.85. The number of halogens is 1. The number of ether oxygens (including phenoxy) is 1. The molecule has 4 aromatic rings. The summed E-state index contributed by atoms with van der Waals surface area (Å²) in [7, 11) is 1.67. The molecule has 0 atom stereocenters. The number of rotatable bonds is 1. The van der Waals surface area contributed by atoms with Crippen molar-refractivity contribution in [2.24, 2.45) is 0 Å². The number of nitrogens with zero attached hydrogens (tertiary/aromatic N) is 1. The van der Waals surface area contributed by atoms with Crippen LogP contribution in [0.5, 0.6) is 5.75 Å². The maximum Gasteiger partial charge on any atom is 0.137 e. The Labute approximate surface area is 126 Å². The summed E-state index contributed by atoms with van der Waals surface area (Å²) in [6.45, 7) is 0. The van der Waals surface area contributed by atoms with Crippen LogP contribution in [0.2, 0.25) is 5.15 Å². The molecule has 0 aliphatic heterocycles. The molecule has 1 heterocycles. The van der Waals surface area contributed by atoms with Gasteiger partial charge in [0, 0.05) is 16.2 Å². The van der Waals surface area contributed by atoms with E-state index in [0.29, 0.717) is 5.15 Å². The minimum Gasteiger partial charge on any atom is -0.497 e. The van der Waals surface area contributed by atoms with E-state index >= 15 is 0 Å². The van der Waals surface area contributed by atoms with Crippen molar-refractivity contribution in [2.45, 2.75) is 0 Å². The highest BCUT2D eigenvalue weighted by atomic mass is 35.5. The Bertz CT molecular complexity index is 994. The number of hydrogen-bond donors (Lipinski definition) is 0. The van der Waals surface area contributed by atoms with Crippen LogP contribution < -0.4 is 4.74 Å². The lowest BCUT2D eigenvalue weighted by molar-refractivity contribution is 0.415. The highest BCUT2D eigenvalue weighted by Crippen LogP contribution is 2.34. The number of pyridine rings is 1. The molecule has 1 aromatic heterocycles. The fourth-order valence-electron chi connectivity index (χ4n) is 2.81. The SMILES string of the molecule is COc1ccc2c(ccc3c4ccccc4c(Cl)nc23)c1. The lowest BCUT2D eigenvalue weighted by Crippen LogP contribution is -1.88. The molecule has 4 rings (SSSR count). The second-order valence-corrected chi connectivity index (χ2v) is 5.36. The van der Waals surface area contributed by atoms with Crippen LogP contribution in [0.4, 0.5) is 0 Å². The van der Waals surface area contributed by atoms with Gasteiger partial charge in [0.25, 0.3) is 0 Å². The van der Waals surface area contributed by atoms with Gasteiger partial charge in [0.2, 0.25) is 0 Å². The summed E-state index contributed by atoms with van der Waals surface area (Å²) >= 11 is 6.36. The molecule has 0 radical (unpaired) electrons. The van der Waals surface area contributed by atoms with Crippen LogP contribution in [0.15, 0.2) is 54.6 Å². The van der Waals surface area contributed by atoms with Gasteiger partial charge in [0.05, 0.1) is 12.6 Å². The summed E-state index contributed by atoms with van der Waals surface area (Å²) in [6, 6.07) is 18.3. The maximum absolute atomic E-state index is 6.36. The van der Waals surface area contributed by atoms with Gasteiger partial charge in [0.15, 0.2) is 0 Å². The topological polar surface area (TPSA) is 22.1 Å². The molecule has 0 fully saturated rings. The summed E-state index contributed by atoms with van der Waals surface area (Å²) in [4.78, 5) is 4.61. The summed E-state index contributed by atoms with van der Waals surface area (Å²) in [6.07, 6.45) is 0. The molecule has 3 aromatic carbocycles. The summed E-state index contributed by atoms with van der Waals surface area (Å²) < 4.78 is 5.28. The van der Waals surface area contributed by atoms with Crippen LogP contribution in [0.1, 0.15) is 0 Å². The molecule has 0 unspecified atom stereocenters. The van der Waals surface area contributed by atoms with E-state index in [0.717, 1.165) is 38.2 Å². The Morgan fingerprint density at radius 3 is 2.43 bits per heavy atom. The van der Waals surface area contributed by atoms with E-state index in [-0.39, 0.29) is 0 Å². The molecule has 102 valence electrons. The van der Waals surface area contributed by atoms with Crippen molar-refractivity contribution in [3.8, 4) is 5.75 Å². The smallest absolute Gasteiger partial charge is 0.137 e. The minimum atomic E-state index is 0.543. The van der Waals surface area contributed by atoms with Crippen LogP contribution in [-0.2, 0) is 0 Å². The molecule has 0 aliphatic carbocycles. The average Bonchev–Trinajstić information content (AvgIpc) is 2.54. The molecule has 0 N–H and O–H groups in total. The summed E-state index contributed by atoms with van der Waals surface area (Å²) in [5.74, 6) is 0.841. The zero-order chi connectivity index (χ0) is 14.4. The highest BCUT2D eigenvalue weighted by Gasteiger charge is 2.09. The van der Waals surface area contributed by atoms with E-state index in [1.54, 1.807) is 7.11 Å². The quantitative estimate of drug-likeness (QED) is 0.355. The van der Waals surface area contributed by atoms with Crippen molar-refractivity contribution in [3.05, 3.63) is 59.8 Å². The molecule has 0 amide bonds. The lowest BCUT2D eigenvalue weighted by atomic mass is 10.0. The molecule has 0 aliphatic rings. The number of aromatic nitrogens is 1. The van der Waals surface area contributed by atoms with E-state index in [4.69, 9.17) is 16.3 Å². The van der Waals surface area contributed by atoms with Gasteiger partial charge >= 0.3 is 0 Å². The Morgan fingerprint density at radius 1 is 0.857 bits per heavy atom. The highest BCUT2D eigenvalue weighted by molar-refractivity contribution is 6.36. The minimum absolute atomic E-state index is 0.543. The Hall–Kier alpha value is -2.32. The normalized spacial score (nSPS) is 11.3. The fourth-order valence-corrected chi connectivity index (χ4v) is 3.06. The molecular weight excluding hydrogens is 282 g/mol. The third kappa shape index (κ3) is 1.83. The molecule has 0 spiro atoms. The second-order valence-electron chi connectivity index (χ2n) is 5.00. The first-order valence-corrected chi connectivity index (χ1v) is 7.10. The van der Waals surface area contributed by atoms with Crippen LogP contribution in [-0.4, -0.2) is 12.1 Å². The number of hydrogen-bond acceptors (Lipinski definition) is 2. The molecule has 3 heteroatoms. The molecule has 0 saturated heterocycles. The van der Waals surface area contributed by atoms with Gasteiger partial charge in [0.1, 0.15) is 10.9 Å². The van der Waals surface area contributed by atoms with E-state index in [1.165, 1.54) is 0 Å². The Kier molecular flexibility index (Phi) is 2.72. The van der Waals surface area contributed by atoms with Gasteiger partial charge in [-0.3, -0.25) is 0 Å². The zero-order valence-electron chi connectivity index (χ0n) is 11.4. The van der Waals surface area contributed by atoms with Gasteiger partial charge in [-0.1, -0.05) is 48.0 Å². The molecular formula is C18H12ClNO. The van der Waals surface area contributed by atoms with Gasteiger partial charge in [-0.05, 0) is 29.0 Å². The standard InChI is InChI=1S/C18H12ClNO/c1-21-12-7-9-13-11(10-12)6-8-15-14-4-2-3-5-16(14)18(19)20-17(13)15/h2-10H,1H3. The van der Waals surface area contributed by atoms with Crippen molar-refractivity contribution >= 4 is 44.0 Å². The number of fused-ring (bicyclic) bond motifs is 5. The average molecular weight is 294 g/mol. The fraction of sp³-hybridized carbons (Fsp3) is 0.0556. The van der Waals surface area contributed by atoms with Crippen LogP contribution in [0, 0.1) is 0 Å². The van der Waals surface area contributed by atoms with Gasteiger partial charge in [-0.15, -0.1) is 0 Å². The molecule has 0 bridgehead atoms.